The van der Waals surface area contributed by atoms with Gasteiger partial charge in [-0.05, 0) is 81.7 Å². The van der Waals surface area contributed by atoms with Crippen LogP contribution in [0.1, 0.15) is 49.3 Å². The molecule has 2 aromatic rings. The van der Waals surface area contributed by atoms with Gasteiger partial charge >= 0.3 is 0 Å². The number of carbonyl (C=O) groups is 2. The molecule has 0 aromatic heterocycles. The van der Waals surface area contributed by atoms with E-state index in [2.05, 4.69) is 36.5 Å². The van der Waals surface area contributed by atoms with Crippen molar-refractivity contribution in [3.8, 4) is 0 Å². The number of piperidine rings is 1. The number of nitrogens with zero attached hydrogens (tertiary/aromatic N) is 2. The van der Waals surface area contributed by atoms with Crippen molar-refractivity contribution < 1.29 is 18.0 Å². The molecule has 2 amide bonds. The lowest BCUT2D eigenvalue weighted by atomic mass is 9.97. The molecule has 36 heavy (non-hydrogen) atoms. The minimum atomic E-state index is -3.65. The average Bonchev–Trinajstić information content (AvgIpc) is 3.67. The van der Waals surface area contributed by atoms with Gasteiger partial charge < -0.3 is 10.2 Å². The number of carbonyl (C=O) groups excluding carboxylic acids is 2. The summed E-state index contributed by atoms with van der Waals surface area (Å²) in [5.74, 6) is 0.127. The molecule has 1 atom stereocenters. The SMILES string of the molecule is Cc1ccc(CCNC(=O)C2CCN(S(=O)(=O)c3ccc4c(c3)C[C@@H](C)N4C(=O)C3CC3)CC2)cc1. The lowest BCUT2D eigenvalue weighted by Gasteiger charge is -2.30. The number of rotatable bonds is 7. The molecule has 1 aliphatic carbocycles. The van der Waals surface area contributed by atoms with Crippen LogP contribution in [0.15, 0.2) is 47.4 Å². The van der Waals surface area contributed by atoms with Crippen LogP contribution in [0.5, 0.6) is 0 Å². The Morgan fingerprint density at radius 1 is 0.972 bits per heavy atom. The Morgan fingerprint density at radius 2 is 1.67 bits per heavy atom. The summed E-state index contributed by atoms with van der Waals surface area (Å²) >= 11 is 0. The zero-order valence-electron chi connectivity index (χ0n) is 21.1. The number of hydrogen-bond donors (Lipinski definition) is 1. The van der Waals surface area contributed by atoms with E-state index < -0.39 is 10.0 Å². The van der Waals surface area contributed by atoms with Gasteiger partial charge in [-0.3, -0.25) is 9.59 Å². The number of anilines is 1. The molecule has 5 rings (SSSR count). The van der Waals surface area contributed by atoms with Crippen molar-refractivity contribution in [3.63, 3.8) is 0 Å². The summed E-state index contributed by atoms with van der Waals surface area (Å²) in [6, 6.07) is 13.5. The molecule has 2 aromatic carbocycles. The third kappa shape index (κ3) is 5.06. The van der Waals surface area contributed by atoms with Crippen LogP contribution in [0.4, 0.5) is 5.69 Å². The van der Waals surface area contributed by atoms with Crippen LogP contribution in [0.3, 0.4) is 0 Å². The van der Waals surface area contributed by atoms with E-state index >= 15 is 0 Å². The number of benzene rings is 2. The molecule has 0 unspecified atom stereocenters. The quantitative estimate of drug-likeness (QED) is 0.620. The molecule has 192 valence electrons. The Morgan fingerprint density at radius 3 is 2.33 bits per heavy atom. The molecule has 1 N–H and O–H groups in total. The van der Waals surface area contributed by atoms with E-state index in [1.807, 2.05) is 11.8 Å². The van der Waals surface area contributed by atoms with Crippen LogP contribution < -0.4 is 10.2 Å². The molecule has 2 aliphatic heterocycles. The summed E-state index contributed by atoms with van der Waals surface area (Å²) in [5, 5.41) is 3.02. The van der Waals surface area contributed by atoms with Crippen LogP contribution >= 0.6 is 0 Å². The Hall–Kier alpha value is -2.71. The summed E-state index contributed by atoms with van der Waals surface area (Å²) in [5.41, 5.74) is 4.16. The maximum absolute atomic E-state index is 13.4. The fourth-order valence-electron chi connectivity index (χ4n) is 5.37. The highest BCUT2D eigenvalue weighted by atomic mass is 32.2. The average molecular weight is 510 g/mol. The van der Waals surface area contributed by atoms with Gasteiger partial charge in [0.15, 0.2) is 0 Å². The van der Waals surface area contributed by atoms with Gasteiger partial charge in [0.05, 0.1) is 4.90 Å². The van der Waals surface area contributed by atoms with Crippen molar-refractivity contribution in [2.45, 2.75) is 63.3 Å². The first-order chi connectivity index (χ1) is 17.2. The first-order valence-electron chi connectivity index (χ1n) is 13.0. The van der Waals surface area contributed by atoms with Crippen LogP contribution in [0.25, 0.3) is 0 Å². The first-order valence-corrected chi connectivity index (χ1v) is 14.5. The van der Waals surface area contributed by atoms with Gasteiger partial charge in [0, 0.05) is 43.2 Å². The van der Waals surface area contributed by atoms with E-state index in [-0.39, 0.29) is 34.6 Å². The molecule has 0 radical (unpaired) electrons. The molecular formula is C28H35N3O4S. The van der Waals surface area contributed by atoms with Gasteiger partial charge in [-0.15, -0.1) is 0 Å². The zero-order valence-corrected chi connectivity index (χ0v) is 21.9. The highest BCUT2D eigenvalue weighted by Crippen LogP contribution is 2.40. The van der Waals surface area contributed by atoms with Crippen molar-refractivity contribution in [2.75, 3.05) is 24.5 Å². The lowest BCUT2D eigenvalue weighted by molar-refractivity contribution is -0.126. The topological polar surface area (TPSA) is 86.8 Å². The molecule has 1 saturated carbocycles. The molecule has 0 bridgehead atoms. The minimum absolute atomic E-state index is 0.00565. The fourth-order valence-corrected chi connectivity index (χ4v) is 6.89. The van der Waals surface area contributed by atoms with E-state index in [1.165, 1.54) is 15.4 Å². The molecule has 8 heteroatoms. The molecule has 0 spiro atoms. The molecule has 3 aliphatic rings. The highest BCUT2D eigenvalue weighted by molar-refractivity contribution is 7.89. The molecule has 2 fully saturated rings. The number of aryl methyl sites for hydroxylation is 1. The van der Waals surface area contributed by atoms with Gasteiger partial charge in [0.25, 0.3) is 0 Å². The minimum Gasteiger partial charge on any atom is -0.356 e. The number of amides is 2. The van der Waals surface area contributed by atoms with Gasteiger partial charge in [0.2, 0.25) is 21.8 Å². The smallest absolute Gasteiger partial charge is 0.243 e. The summed E-state index contributed by atoms with van der Waals surface area (Å²) in [7, 11) is -3.65. The van der Waals surface area contributed by atoms with Crippen molar-refractivity contribution in [3.05, 3.63) is 59.2 Å². The molecule has 7 nitrogen and oxygen atoms in total. The van der Waals surface area contributed by atoms with Gasteiger partial charge in [-0.25, -0.2) is 8.42 Å². The van der Waals surface area contributed by atoms with Crippen LogP contribution in [0, 0.1) is 18.8 Å². The van der Waals surface area contributed by atoms with Crippen molar-refractivity contribution in [2.24, 2.45) is 11.8 Å². The predicted molar refractivity (Wildman–Crippen MR) is 139 cm³/mol. The van der Waals surface area contributed by atoms with E-state index in [9.17, 15) is 18.0 Å². The predicted octanol–water partition coefficient (Wildman–Crippen LogP) is 3.44. The Balaban J connectivity index is 1.17. The Kier molecular flexibility index (Phi) is 6.92. The Labute approximate surface area is 213 Å². The normalized spacial score (nSPS) is 20.8. The zero-order chi connectivity index (χ0) is 25.4. The lowest BCUT2D eigenvalue weighted by Crippen LogP contribution is -2.43. The third-order valence-electron chi connectivity index (χ3n) is 7.73. The van der Waals surface area contributed by atoms with Crippen LogP contribution in [-0.2, 0) is 32.5 Å². The fraction of sp³-hybridized carbons (Fsp3) is 0.500. The number of sulfonamides is 1. The standard InChI is InChI=1S/C28H35N3O4S/c1-19-3-5-21(6-4-19)11-14-29-27(32)22-12-15-30(16-13-22)36(34,35)25-9-10-26-24(18-25)17-20(2)31(26)28(33)23-7-8-23/h3-6,9-10,18,20,22-23H,7-8,11-17H2,1-2H3,(H,29,32)/t20-/m1/s1. The van der Waals surface area contributed by atoms with Crippen LogP contribution in [0.2, 0.25) is 0 Å². The second-order valence-corrected chi connectivity index (χ2v) is 12.5. The Bertz CT molecular complexity index is 1250. The monoisotopic (exact) mass is 509 g/mol. The van der Waals surface area contributed by atoms with Gasteiger partial charge in [0.1, 0.15) is 0 Å². The van der Waals surface area contributed by atoms with Crippen molar-refractivity contribution >= 4 is 27.5 Å². The third-order valence-corrected chi connectivity index (χ3v) is 9.62. The van der Waals surface area contributed by atoms with Gasteiger partial charge in [-0.1, -0.05) is 29.8 Å². The number of nitrogens with one attached hydrogen (secondary N) is 1. The van der Waals surface area contributed by atoms with Crippen LogP contribution in [-0.4, -0.2) is 50.2 Å². The first kappa shape index (κ1) is 25.0. The van der Waals surface area contributed by atoms with E-state index in [0.717, 1.165) is 30.5 Å². The summed E-state index contributed by atoms with van der Waals surface area (Å²) < 4.78 is 28.2. The molecular weight excluding hydrogens is 474 g/mol. The second kappa shape index (κ2) is 9.98. The number of hydrogen-bond acceptors (Lipinski definition) is 4. The summed E-state index contributed by atoms with van der Waals surface area (Å²) in [6.45, 7) is 5.31. The summed E-state index contributed by atoms with van der Waals surface area (Å²) in [6.07, 6.45) is 4.37. The molecule has 1 saturated heterocycles. The summed E-state index contributed by atoms with van der Waals surface area (Å²) in [4.78, 5) is 27.5. The van der Waals surface area contributed by atoms with Crippen molar-refractivity contribution in [1.82, 2.24) is 9.62 Å². The largest absolute Gasteiger partial charge is 0.356 e. The maximum Gasteiger partial charge on any atom is 0.243 e. The highest BCUT2D eigenvalue weighted by Gasteiger charge is 2.40. The second-order valence-electron chi connectivity index (χ2n) is 10.5. The maximum atomic E-state index is 13.4. The van der Waals surface area contributed by atoms with Gasteiger partial charge in [-0.2, -0.15) is 4.31 Å². The molecule has 2 heterocycles. The van der Waals surface area contributed by atoms with E-state index in [0.29, 0.717) is 38.9 Å². The van der Waals surface area contributed by atoms with E-state index in [4.69, 9.17) is 0 Å². The number of fused-ring (bicyclic) bond motifs is 1. The van der Waals surface area contributed by atoms with Crippen molar-refractivity contribution in [1.29, 1.82) is 0 Å². The van der Waals surface area contributed by atoms with E-state index in [1.54, 1.807) is 18.2 Å².